The third-order valence-electron chi connectivity index (χ3n) is 10.6. The van der Waals surface area contributed by atoms with Crippen LogP contribution in [0.5, 0.6) is 0 Å². The zero-order valence-electron chi connectivity index (χ0n) is 40.4. The molecule has 0 saturated heterocycles. The summed E-state index contributed by atoms with van der Waals surface area (Å²) < 4.78 is 16.7. The molecule has 0 aromatic rings. The van der Waals surface area contributed by atoms with E-state index in [0.717, 1.165) is 89.9 Å². The predicted octanol–water partition coefficient (Wildman–Crippen LogP) is 16.8. The quantitative estimate of drug-likeness (QED) is 0.0263. The SMILES string of the molecule is CC/C=C\C/C=C\C/C=C\C/C=C\C/C=C\C/C=C\CCC(=O)OCC(COC(=O)CCCCCCCCCCCCC)OC(=O)CCCCC/C=C\CCCCCCCCC. The van der Waals surface area contributed by atoms with Crippen LogP contribution in [0.2, 0.25) is 0 Å². The van der Waals surface area contributed by atoms with E-state index >= 15 is 0 Å². The highest BCUT2D eigenvalue weighted by molar-refractivity contribution is 5.71. The highest BCUT2D eigenvalue weighted by Crippen LogP contribution is 2.14. The van der Waals surface area contributed by atoms with Gasteiger partial charge < -0.3 is 14.2 Å². The summed E-state index contributed by atoms with van der Waals surface area (Å²) in [6.07, 6.45) is 64.4. The smallest absolute Gasteiger partial charge is 0.306 e. The number of rotatable bonds is 45. The van der Waals surface area contributed by atoms with Gasteiger partial charge >= 0.3 is 17.9 Å². The normalized spacial score (nSPS) is 12.8. The van der Waals surface area contributed by atoms with Crippen molar-refractivity contribution >= 4 is 17.9 Å². The Morgan fingerprint density at radius 3 is 1.10 bits per heavy atom. The van der Waals surface area contributed by atoms with Gasteiger partial charge in [0.15, 0.2) is 6.10 Å². The molecule has 354 valence electrons. The Kier molecular flexibility index (Phi) is 47.5. The van der Waals surface area contributed by atoms with Gasteiger partial charge in [0.2, 0.25) is 0 Å². The van der Waals surface area contributed by atoms with E-state index in [1.807, 2.05) is 6.08 Å². The summed E-state index contributed by atoms with van der Waals surface area (Å²) in [5, 5.41) is 0. The molecule has 1 unspecified atom stereocenters. The van der Waals surface area contributed by atoms with Gasteiger partial charge in [-0.2, -0.15) is 0 Å². The van der Waals surface area contributed by atoms with Crippen LogP contribution >= 0.6 is 0 Å². The second kappa shape index (κ2) is 50.2. The molecule has 6 heteroatoms. The summed E-state index contributed by atoms with van der Waals surface area (Å²) in [6.45, 7) is 6.43. The van der Waals surface area contributed by atoms with Crippen LogP contribution in [0.3, 0.4) is 0 Å². The number of carbonyl (C=O) groups excluding carboxylic acids is 3. The van der Waals surface area contributed by atoms with Crippen molar-refractivity contribution in [2.24, 2.45) is 0 Å². The molecular formula is C56H94O6. The first-order valence-electron chi connectivity index (χ1n) is 25.6. The Hall–Kier alpha value is -3.41. The first kappa shape index (κ1) is 58.6. The standard InChI is InChI=1S/C56H94O6/c1-4-7-10-13-16-19-22-24-26-27-28-29-30-32-34-37-40-43-46-49-55(58)61-52-53(51-60-54(57)48-45-42-39-36-33-21-18-15-12-9-6-3)62-56(59)50-47-44-41-38-35-31-25-23-20-17-14-11-8-5-2/h7,10,16,19,24,26,28-29,31-32,34-35,40,43,53H,4-6,8-9,11-15,17-18,20-23,25,27,30,33,36-39,41-42,44-52H2,1-3H3/b10-7-,19-16-,26-24-,29-28-,34-32-,35-31-,43-40-. The third kappa shape index (κ3) is 47.6. The predicted molar refractivity (Wildman–Crippen MR) is 265 cm³/mol. The van der Waals surface area contributed by atoms with Crippen molar-refractivity contribution in [1.82, 2.24) is 0 Å². The first-order chi connectivity index (χ1) is 30.5. The largest absolute Gasteiger partial charge is 0.462 e. The van der Waals surface area contributed by atoms with E-state index in [2.05, 4.69) is 99.8 Å². The minimum atomic E-state index is -0.812. The van der Waals surface area contributed by atoms with Gasteiger partial charge in [-0.05, 0) is 83.5 Å². The summed E-state index contributed by atoms with van der Waals surface area (Å²) in [6, 6.07) is 0. The fourth-order valence-electron chi connectivity index (χ4n) is 6.81. The highest BCUT2D eigenvalue weighted by Gasteiger charge is 2.19. The highest BCUT2D eigenvalue weighted by atomic mass is 16.6. The van der Waals surface area contributed by atoms with Gasteiger partial charge in [-0.25, -0.2) is 0 Å². The van der Waals surface area contributed by atoms with Gasteiger partial charge in [0.05, 0.1) is 0 Å². The maximum Gasteiger partial charge on any atom is 0.306 e. The Morgan fingerprint density at radius 2 is 0.661 bits per heavy atom. The average Bonchev–Trinajstić information content (AvgIpc) is 3.27. The molecule has 0 aliphatic rings. The summed E-state index contributed by atoms with van der Waals surface area (Å²) in [5.74, 6) is -1.01. The van der Waals surface area contributed by atoms with E-state index in [9.17, 15) is 14.4 Å². The third-order valence-corrected chi connectivity index (χ3v) is 10.6. The van der Waals surface area contributed by atoms with Crippen molar-refractivity contribution in [3.63, 3.8) is 0 Å². The lowest BCUT2D eigenvalue weighted by Crippen LogP contribution is -2.30. The molecule has 0 aromatic carbocycles. The van der Waals surface area contributed by atoms with Crippen molar-refractivity contribution in [2.75, 3.05) is 13.2 Å². The van der Waals surface area contributed by atoms with Crippen LogP contribution in [0.15, 0.2) is 85.1 Å². The minimum Gasteiger partial charge on any atom is -0.462 e. The van der Waals surface area contributed by atoms with Gasteiger partial charge in [-0.1, -0.05) is 215 Å². The Bertz CT molecular complexity index is 1220. The van der Waals surface area contributed by atoms with Gasteiger partial charge in [0.1, 0.15) is 13.2 Å². The van der Waals surface area contributed by atoms with Gasteiger partial charge in [-0.3, -0.25) is 14.4 Å². The molecule has 6 nitrogen and oxygen atoms in total. The number of unbranched alkanes of at least 4 members (excludes halogenated alkanes) is 20. The summed E-state index contributed by atoms with van der Waals surface area (Å²) >= 11 is 0. The molecule has 0 heterocycles. The molecule has 0 amide bonds. The van der Waals surface area contributed by atoms with E-state index in [1.54, 1.807) is 0 Å². The fraction of sp³-hybridized carbons (Fsp3) is 0.696. The average molecular weight is 863 g/mol. The van der Waals surface area contributed by atoms with Crippen molar-refractivity contribution < 1.29 is 28.6 Å². The van der Waals surface area contributed by atoms with Crippen molar-refractivity contribution in [3.05, 3.63) is 85.1 Å². The van der Waals surface area contributed by atoms with E-state index in [-0.39, 0.29) is 37.5 Å². The van der Waals surface area contributed by atoms with Crippen molar-refractivity contribution in [3.8, 4) is 0 Å². The molecule has 0 saturated carbocycles. The van der Waals surface area contributed by atoms with Crippen LogP contribution in [0.4, 0.5) is 0 Å². The van der Waals surface area contributed by atoms with Crippen LogP contribution < -0.4 is 0 Å². The molecule has 0 rings (SSSR count). The first-order valence-corrected chi connectivity index (χ1v) is 25.6. The zero-order chi connectivity index (χ0) is 45.1. The molecular weight excluding hydrogens is 769 g/mol. The summed E-state index contributed by atoms with van der Waals surface area (Å²) in [5.41, 5.74) is 0. The van der Waals surface area contributed by atoms with Crippen LogP contribution in [-0.2, 0) is 28.6 Å². The van der Waals surface area contributed by atoms with E-state index in [1.165, 1.54) is 96.3 Å². The number of hydrogen-bond donors (Lipinski definition) is 0. The minimum absolute atomic E-state index is 0.105. The molecule has 0 aliphatic heterocycles. The molecule has 0 bridgehead atoms. The maximum absolute atomic E-state index is 12.8. The number of hydrogen-bond acceptors (Lipinski definition) is 6. The Labute approximate surface area is 382 Å². The second-order valence-electron chi connectivity index (χ2n) is 16.7. The van der Waals surface area contributed by atoms with Gasteiger partial charge in [0, 0.05) is 19.3 Å². The molecule has 0 fully saturated rings. The summed E-state index contributed by atoms with van der Waals surface area (Å²) in [7, 11) is 0. The Morgan fingerprint density at radius 1 is 0.339 bits per heavy atom. The molecule has 1 atom stereocenters. The maximum atomic E-state index is 12.8. The van der Waals surface area contributed by atoms with Gasteiger partial charge in [0.25, 0.3) is 0 Å². The van der Waals surface area contributed by atoms with Crippen LogP contribution in [0, 0.1) is 0 Å². The topological polar surface area (TPSA) is 78.9 Å². The molecule has 0 aliphatic carbocycles. The molecule has 0 aromatic heterocycles. The summed E-state index contributed by atoms with van der Waals surface area (Å²) in [4.78, 5) is 37.9. The lowest BCUT2D eigenvalue weighted by atomic mass is 10.1. The molecule has 62 heavy (non-hydrogen) atoms. The lowest BCUT2D eigenvalue weighted by molar-refractivity contribution is -0.166. The molecule has 0 N–H and O–H groups in total. The Balaban J connectivity index is 4.50. The van der Waals surface area contributed by atoms with E-state index < -0.39 is 6.10 Å². The number of allylic oxidation sites excluding steroid dienone is 14. The number of esters is 3. The number of carbonyl (C=O) groups is 3. The van der Waals surface area contributed by atoms with Gasteiger partial charge in [-0.15, -0.1) is 0 Å². The number of ether oxygens (including phenoxy) is 3. The van der Waals surface area contributed by atoms with E-state index in [0.29, 0.717) is 19.3 Å². The monoisotopic (exact) mass is 863 g/mol. The van der Waals surface area contributed by atoms with Crippen LogP contribution in [0.1, 0.15) is 233 Å². The van der Waals surface area contributed by atoms with Crippen molar-refractivity contribution in [1.29, 1.82) is 0 Å². The van der Waals surface area contributed by atoms with Crippen LogP contribution in [-0.4, -0.2) is 37.2 Å². The second-order valence-corrected chi connectivity index (χ2v) is 16.7. The zero-order valence-corrected chi connectivity index (χ0v) is 40.4. The molecule has 0 spiro atoms. The van der Waals surface area contributed by atoms with Crippen molar-refractivity contribution in [2.45, 2.75) is 239 Å². The van der Waals surface area contributed by atoms with E-state index in [4.69, 9.17) is 14.2 Å². The lowest BCUT2D eigenvalue weighted by Gasteiger charge is -2.18. The fourth-order valence-corrected chi connectivity index (χ4v) is 6.81. The van der Waals surface area contributed by atoms with Crippen LogP contribution in [0.25, 0.3) is 0 Å². The molecule has 0 radical (unpaired) electrons.